The van der Waals surface area contributed by atoms with E-state index >= 15 is 0 Å². The number of phenols is 1. The summed E-state index contributed by atoms with van der Waals surface area (Å²) >= 11 is 0. The molecule has 4 aromatic carbocycles. The molecule has 0 aliphatic rings. The Morgan fingerprint density at radius 2 is 1.32 bits per heavy atom. The van der Waals surface area contributed by atoms with Gasteiger partial charge >= 0.3 is 0 Å². The predicted octanol–water partition coefficient (Wildman–Crippen LogP) is 9.84. The molecule has 0 bridgehead atoms. The van der Waals surface area contributed by atoms with Gasteiger partial charge in [0.05, 0.1) is 11.3 Å². The number of pyridine rings is 1. The maximum Gasteiger partial charge on any atom is 0.231 e. The summed E-state index contributed by atoms with van der Waals surface area (Å²) in [6.45, 7) is 8.97. The number of benzene rings is 4. The molecule has 0 fully saturated rings. The Balaban J connectivity index is 1.40. The molecular formula is C36H32N2O2. The van der Waals surface area contributed by atoms with Gasteiger partial charge in [-0.3, -0.25) is 4.98 Å². The molecule has 0 radical (unpaired) electrons. The largest absolute Gasteiger partial charge is 0.507 e. The maximum atomic E-state index is 10.3. The van der Waals surface area contributed by atoms with E-state index in [1.165, 1.54) is 16.7 Å². The van der Waals surface area contributed by atoms with Crippen LogP contribution in [0.25, 0.3) is 56.1 Å². The first-order valence-electron chi connectivity index (χ1n) is 13.8. The lowest BCUT2D eigenvalue weighted by Gasteiger charge is -2.15. The number of phenolic OH excluding ortho intramolecular Hbond substituents is 1. The third-order valence-corrected chi connectivity index (χ3v) is 7.43. The zero-order chi connectivity index (χ0) is 27.8. The molecular weight excluding hydrogens is 492 g/mol. The van der Waals surface area contributed by atoms with Crippen molar-refractivity contribution in [2.75, 3.05) is 0 Å². The van der Waals surface area contributed by atoms with Gasteiger partial charge in [0.15, 0.2) is 5.58 Å². The van der Waals surface area contributed by atoms with Gasteiger partial charge in [-0.05, 0) is 76.1 Å². The van der Waals surface area contributed by atoms with Crippen LogP contribution < -0.4 is 0 Å². The summed E-state index contributed by atoms with van der Waals surface area (Å²) in [6, 6.07) is 32.6. The maximum absolute atomic E-state index is 10.3. The lowest BCUT2D eigenvalue weighted by atomic mass is 9.90. The molecule has 1 N–H and O–H groups in total. The zero-order valence-corrected chi connectivity index (χ0v) is 23.2. The van der Waals surface area contributed by atoms with Gasteiger partial charge in [-0.2, -0.15) is 0 Å². The fraction of sp³-hybridized carbons (Fsp3) is 0.167. The summed E-state index contributed by atoms with van der Waals surface area (Å²) in [5.41, 5.74) is 11.0. The molecule has 6 rings (SSSR count). The third kappa shape index (κ3) is 4.89. The molecule has 0 saturated carbocycles. The number of aromatic hydroxyl groups is 1. The summed E-state index contributed by atoms with van der Waals surface area (Å²) in [5, 5.41) is 10.3. The van der Waals surface area contributed by atoms with Gasteiger partial charge in [0.1, 0.15) is 11.3 Å². The molecule has 0 amide bonds. The number of hydrogen-bond donors (Lipinski definition) is 1. The molecule has 4 nitrogen and oxygen atoms in total. The van der Waals surface area contributed by atoms with E-state index in [1.54, 1.807) is 18.2 Å². The smallest absolute Gasteiger partial charge is 0.231 e. The van der Waals surface area contributed by atoms with Crippen molar-refractivity contribution >= 4 is 11.1 Å². The van der Waals surface area contributed by atoms with E-state index in [-0.39, 0.29) is 5.75 Å². The standard InChI is InChI=1S/C36H32N2O2/c1-22(2)27-18-28(23(3)4)20-29(19-27)24-15-16-37-32(21-24)26-10-7-9-25(17-26)30-12-8-14-34-35(30)38-36(40-34)31-11-5-6-13-33(31)39/h5-23,39H,1-4H3. The van der Waals surface area contributed by atoms with Gasteiger partial charge < -0.3 is 9.52 Å². The number of aromatic nitrogens is 2. The van der Waals surface area contributed by atoms with Gasteiger partial charge in [-0.1, -0.05) is 88.4 Å². The molecule has 6 aromatic rings. The molecule has 0 saturated heterocycles. The first-order chi connectivity index (χ1) is 19.4. The van der Waals surface area contributed by atoms with Crippen LogP contribution in [0.1, 0.15) is 50.7 Å². The second kappa shape index (κ2) is 10.5. The van der Waals surface area contributed by atoms with Crippen LogP contribution in [-0.2, 0) is 0 Å². The highest BCUT2D eigenvalue weighted by Gasteiger charge is 2.16. The Hall–Kier alpha value is -4.70. The Morgan fingerprint density at radius 1 is 0.625 bits per heavy atom. The molecule has 0 aliphatic heterocycles. The van der Waals surface area contributed by atoms with Gasteiger partial charge in [0.2, 0.25) is 5.89 Å². The summed E-state index contributed by atoms with van der Waals surface area (Å²) < 4.78 is 6.05. The average Bonchev–Trinajstić information content (AvgIpc) is 3.41. The first kappa shape index (κ1) is 25.6. The minimum absolute atomic E-state index is 0.142. The monoisotopic (exact) mass is 524 g/mol. The number of hydrogen-bond acceptors (Lipinski definition) is 4. The molecule has 2 heterocycles. The van der Waals surface area contributed by atoms with Crippen LogP contribution in [0.4, 0.5) is 0 Å². The fourth-order valence-corrected chi connectivity index (χ4v) is 5.08. The highest BCUT2D eigenvalue weighted by Crippen LogP contribution is 2.36. The molecule has 0 aliphatic carbocycles. The van der Waals surface area contributed by atoms with E-state index in [2.05, 4.69) is 82.3 Å². The minimum Gasteiger partial charge on any atom is -0.507 e. The Labute approximate surface area is 235 Å². The summed E-state index contributed by atoms with van der Waals surface area (Å²) in [5.74, 6) is 1.46. The SMILES string of the molecule is CC(C)c1cc(-c2ccnc(-c3cccc(-c4cccc5oc(-c6ccccc6O)nc45)c3)c2)cc(C(C)C)c1. The lowest BCUT2D eigenvalue weighted by molar-refractivity contribution is 0.474. The quantitative estimate of drug-likeness (QED) is 0.235. The topological polar surface area (TPSA) is 59.2 Å². The molecule has 0 spiro atoms. The zero-order valence-electron chi connectivity index (χ0n) is 23.2. The number of nitrogens with zero attached hydrogens (tertiary/aromatic N) is 2. The number of fused-ring (bicyclic) bond motifs is 1. The fourth-order valence-electron chi connectivity index (χ4n) is 5.08. The Morgan fingerprint density at radius 3 is 2.08 bits per heavy atom. The minimum atomic E-state index is 0.142. The van der Waals surface area contributed by atoms with Crippen LogP contribution >= 0.6 is 0 Å². The van der Waals surface area contributed by atoms with Crippen LogP contribution in [0.5, 0.6) is 5.75 Å². The summed E-state index contributed by atoms with van der Waals surface area (Å²) in [7, 11) is 0. The highest BCUT2D eigenvalue weighted by molar-refractivity contribution is 5.93. The van der Waals surface area contributed by atoms with Crippen LogP contribution in [0, 0.1) is 0 Å². The molecule has 4 heteroatoms. The van der Waals surface area contributed by atoms with E-state index in [0.717, 1.165) is 33.5 Å². The number of rotatable bonds is 6. The van der Waals surface area contributed by atoms with Crippen molar-refractivity contribution in [3.05, 3.63) is 114 Å². The van der Waals surface area contributed by atoms with Crippen molar-refractivity contribution < 1.29 is 9.52 Å². The van der Waals surface area contributed by atoms with Crippen molar-refractivity contribution in [1.82, 2.24) is 9.97 Å². The van der Waals surface area contributed by atoms with Crippen LogP contribution in [0.15, 0.2) is 108 Å². The second-order valence-corrected chi connectivity index (χ2v) is 10.9. The Bertz CT molecular complexity index is 1800. The van der Waals surface area contributed by atoms with Gasteiger partial charge in [-0.15, -0.1) is 0 Å². The lowest BCUT2D eigenvalue weighted by Crippen LogP contribution is -1.95. The van der Waals surface area contributed by atoms with Crippen molar-refractivity contribution in [2.24, 2.45) is 0 Å². The van der Waals surface area contributed by atoms with Gasteiger partial charge in [-0.25, -0.2) is 4.98 Å². The molecule has 40 heavy (non-hydrogen) atoms. The van der Waals surface area contributed by atoms with E-state index in [0.29, 0.717) is 28.9 Å². The summed E-state index contributed by atoms with van der Waals surface area (Å²) in [6.07, 6.45) is 1.89. The molecule has 198 valence electrons. The van der Waals surface area contributed by atoms with E-state index in [4.69, 9.17) is 14.4 Å². The van der Waals surface area contributed by atoms with E-state index < -0.39 is 0 Å². The van der Waals surface area contributed by atoms with Crippen molar-refractivity contribution in [3.63, 3.8) is 0 Å². The first-order valence-corrected chi connectivity index (χ1v) is 13.8. The molecule has 2 aromatic heterocycles. The normalized spacial score (nSPS) is 11.6. The summed E-state index contributed by atoms with van der Waals surface area (Å²) in [4.78, 5) is 9.52. The average molecular weight is 525 g/mol. The van der Waals surface area contributed by atoms with E-state index in [9.17, 15) is 5.11 Å². The number of oxazole rings is 1. The second-order valence-electron chi connectivity index (χ2n) is 10.9. The third-order valence-electron chi connectivity index (χ3n) is 7.43. The van der Waals surface area contributed by atoms with Crippen molar-refractivity contribution in [2.45, 2.75) is 39.5 Å². The highest BCUT2D eigenvalue weighted by atomic mass is 16.3. The van der Waals surface area contributed by atoms with E-state index in [1.807, 2.05) is 30.5 Å². The van der Waals surface area contributed by atoms with Crippen LogP contribution in [0.3, 0.4) is 0 Å². The molecule has 0 atom stereocenters. The predicted molar refractivity (Wildman–Crippen MR) is 163 cm³/mol. The van der Waals surface area contributed by atoms with Crippen molar-refractivity contribution in [3.8, 4) is 50.7 Å². The number of para-hydroxylation sites is 2. The van der Waals surface area contributed by atoms with Gasteiger partial charge in [0, 0.05) is 17.3 Å². The Kier molecular flexibility index (Phi) is 6.69. The van der Waals surface area contributed by atoms with Crippen LogP contribution in [0.2, 0.25) is 0 Å². The van der Waals surface area contributed by atoms with Crippen molar-refractivity contribution in [1.29, 1.82) is 0 Å². The molecule has 0 unspecified atom stereocenters. The van der Waals surface area contributed by atoms with Gasteiger partial charge in [0.25, 0.3) is 0 Å². The van der Waals surface area contributed by atoms with Crippen LogP contribution in [-0.4, -0.2) is 15.1 Å².